The number of para-hydroxylation sites is 1. The minimum atomic E-state index is -0.365. The van der Waals surface area contributed by atoms with Gasteiger partial charge in [-0.1, -0.05) is 24.3 Å². The van der Waals surface area contributed by atoms with Gasteiger partial charge in [-0.15, -0.1) is 0 Å². The first-order chi connectivity index (χ1) is 13.0. The SMILES string of the molecule is CC(=O)N1N=C(c2ccc(F)cc2)CC1c1cn[nH]c1-c1ccccc1O. The number of halogens is 1. The number of phenolic OH excluding ortho intramolecular Hbond substituents is 1. The zero-order valence-electron chi connectivity index (χ0n) is 14.6. The molecule has 0 fully saturated rings. The number of rotatable bonds is 3. The molecule has 4 rings (SSSR count). The molecule has 1 atom stereocenters. The van der Waals surface area contributed by atoms with Gasteiger partial charge in [0.25, 0.3) is 0 Å². The standard InChI is InChI=1S/C20H17FN4O2/c1-12(26)25-18(10-17(24-25)13-6-8-14(21)9-7-13)16-11-22-23-20(16)15-4-2-3-5-19(15)27/h2-9,11,18,27H,10H2,1H3,(H,22,23). The van der Waals surface area contributed by atoms with Gasteiger partial charge in [0.2, 0.25) is 5.91 Å². The fraction of sp³-hybridized carbons (Fsp3) is 0.150. The van der Waals surface area contributed by atoms with E-state index in [1.165, 1.54) is 24.1 Å². The molecule has 0 aliphatic carbocycles. The van der Waals surface area contributed by atoms with E-state index in [-0.39, 0.29) is 23.5 Å². The Morgan fingerprint density at radius 3 is 2.67 bits per heavy atom. The van der Waals surface area contributed by atoms with E-state index in [0.717, 1.165) is 11.1 Å². The normalized spacial score (nSPS) is 16.4. The molecule has 0 spiro atoms. The van der Waals surface area contributed by atoms with Crippen molar-refractivity contribution in [2.45, 2.75) is 19.4 Å². The van der Waals surface area contributed by atoms with Gasteiger partial charge >= 0.3 is 0 Å². The fourth-order valence-electron chi connectivity index (χ4n) is 3.31. The van der Waals surface area contributed by atoms with Crippen LogP contribution in [-0.2, 0) is 4.79 Å². The number of carbonyl (C=O) groups is 1. The zero-order valence-corrected chi connectivity index (χ0v) is 14.6. The second-order valence-corrected chi connectivity index (χ2v) is 6.35. The average Bonchev–Trinajstić information content (AvgIpc) is 3.29. The lowest BCUT2D eigenvalue weighted by molar-refractivity contribution is -0.130. The van der Waals surface area contributed by atoms with Crippen molar-refractivity contribution in [1.29, 1.82) is 0 Å². The first kappa shape index (κ1) is 17.0. The van der Waals surface area contributed by atoms with Crippen LogP contribution >= 0.6 is 0 Å². The number of aromatic hydroxyl groups is 1. The maximum Gasteiger partial charge on any atom is 0.240 e. The van der Waals surface area contributed by atoms with Crippen molar-refractivity contribution in [1.82, 2.24) is 15.2 Å². The van der Waals surface area contributed by atoms with E-state index in [9.17, 15) is 14.3 Å². The number of amides is 1. The van der Waals surface area contributed by atoms with Crippen molar-refractivity contribution in [3.8, 4) is 17.0 Å². The van der Waals surface area contributed by atoms with Crippen LogP contribution < -0.4 is 0 Å². The van der Waals surface area contributed by atoms with Crippen molar-refractivity contribution in [3.05, 3.63) is 71.7 Å². The third-order valence-corrected chi connectivity index (χ3v) is 4.61. The van der Waals surface area contributed by atoms with Crippen molar-refractivity contribution in [3.63, 3.8) is 0 Å². The number of nitrogens with zero attached hydrogens (tertiary/aromatic N) is 3. The molecule has 7 heteroatoms. The summed E-state index contributed by atoms with van der Waals surface area (Å²) in [5, 5.41) is 23.1. The van der Waals surface area contributed by atoms with Gasteiger partial charge in [0.15, 0.2) is 0 Å². The maximum absolute atomic E-state index is 13.2. The van der Waals surface area contributed by atoms with Crippen LogP contribution in [0, 0.1) is 5.82 Å². The summed E-state index contributed by atoms with van der Waals surface area (Å²) in [6, 6.07) is 12.6. The molecule has 0 saturated heterocycles. The van der Waals surface area contributed by atoms with Gasteiger partial charge in [-0.05, 0) is 29.8 Å². The van der Waals surface area contributed by atoms with Crippen molar-refractivity contribution >= 4 is 11.6 Å². The molecule has 3 aromatic rings. The van der Waals surface area contributed by atoms with Crippen LogP contribution in [0.15, 0.2) is 59.8 Å². The van der Waals surface area contributed by atoms with Crippen LogP contribution in [-0.4, -0.2) is 31.9 Å². The molecule has 0 saturated carbocycles. The monoisotopic (exact) mass is 364 g/mol. The van der Waals surface area contributed by atoms with Gasteiger partial charge in [-0.2, -0.15) is 10.2 Å². The maximum atomic E-state index is 13.2. The Labute approximate surface area is 155 Å². The summed E-state index contributed by atoms with van der Waals surface area (Å²) in [5.74, 6) is -0.411. The van der Waals surface area contributed by atoms with E-state index < -0.39 is 0 Å². The lowest BCUT2D eigenvalue weighted by atomic mass is 9.96. The Bertz CT molecular complexity index is 1030. The Morgan fingerprint density at radius 1 is 1.22 bits per heavy atom. The summed E-state index contributed by atoms with van der Waals surface area (Å²) >= 11 is 0. The first-order valence-corrected chi connectivity index (χ1v) is 8.49. The Balaban J connectivity index is 1.73. The molecule has 2 N–H and O–H groups in total. The molecule has 1 aliphatic rings. The van der Waals surface area contributed by atoms with Crippen LogP contribution in [0.1, 0.15) is 30.5 Å². The van der Waals surface area contributed by atoms with Gasteiger partial charge in [-0.25, -0.2) is 9.40 Å². The molecule has 27 heavy (non-hydrogen) atoms. The van der Waals surface area contributed by atoms with Gasteiger partial charge in [-0.3, -0.25) is 9.89 Å². The predicted molar refractivity (Wildman–Crippen MR) is 98.5 cm³/mol. The summed E-state index contributed by atoms with van der Waals surface area (Å²) in [6.45, 7) is 1.45. The highest BCUT2D eigenvalue weighted by molar-refractivity contribution is 6.03. The second-order valence-electron chi connectivity index (χ2n) is 6.35. The summed E-state index contributed by atoms with van der Waals surface area (Å²) in [6.07, 6.45) is 2.11. The highest BCUT2D eigenvalue weighted by Crippen LogP contribution is 2.39. The van der Waals surface area contributed by atoms with Gasteiger partial charge < -0.3 is 5.11 Å². The van der Waals surface area contributed by atoms with Gasteiger partial charge in [0, 0.05) is 24.5 Å². The summed E-state index contributed by atoms with van der Waals surface area (Å²) in [4.78, 5) is 12.2. The Kier molecular flexibility index (Phi) is 4.19. The summed E-state index contributed by atoms with van der Waals surface area (Å²) in [5.41, 5.74) is 3.45. The summed E-state index contributed by atoms with van der Waals surface area (Å²) in [7, 11) is 0. The minimum Gasteiger partial charge on any atom is -0.507 e. The number of hydrogen-bond acceptors (Lipinski definition) is 4. The molecule has 1 aliphatic heterocycles. The lowest BCUT2D eigenvalue weighted by Gasteiger charge is -2.20. The lowest BCUT2D eigenvalue weighted by Crippen LogP contribution is -2.24. The van der Waals surface area contributed by atoms with Gasteiger partial charge in [0.05, 0.1) is 23.6 Å². The van der Waals surface area contributed by atoms with Crippen LogP contribution in [0.25, 0.3) is 11.3 Å². The third kappa shape index (κ3) is 3.08. The molecule has 0 radical (unpaired) electrons. The number of carbonyl (C=O) groups excluding carboxylic acids is 1. The van der Waals surface area contributed by atoms with E-state index >= 15 is 0 Å². The quantitative estimate of drug-likeness (QED) is 0.745. The van der Waals surface area contributed by atoms with Crippen LogP contribution in [0.3, 0.4) is 0 Å². The predicted octanol–water partition coefficient (Wildman–Crippen LogP) is 3.62. The van der Waals surface area contributed by atoms with Gasteiger partial charge in [0.1, 0.15) is 11.6 Å². The van der Waals surface area contributed by atoms with Crippen LogP contribution in [0.5, 0.6) is 5.75 Å². The topological polar surface area (TPSA) is 81.6 Å². The van der Waals surface area contributed by atoms with E-state index in [4.69, 9.17) is 0 Å². The second kappa shape index (κ2) is 6.68. The van der Waals surface area contributed by atoms with Crippen LogP contribution in [0.4, 0.5) is 4.39 Å². The molecule has 2 aromatic carbocycles. The smallest absolute Gasteiger partial charge is 0.240 e. The number of hydrazone groups is 1. The number of aromatic nitrogens is 2. The van der Waals surface area contributed by atoms with E-state index in [2.05, 4.69) is 15.3 Å². The fourth-order valence-corrected chi connectivity index (χ4v) is 3.31. The number of aromatic amines is 1. The molecule has 2 heterocycles. The van der Waals surface area contributed by atoms with E-state index in [1.54, 1.807) is 36.5 Å². The average molecular weight is 364 g/mol. The zero-order chi connectivity index (χ0) is 19.0. The van der Waals surface area contributed by atoms with Crippen molar-refractivity contribution in [2.24, 2.45) is 5.10 Å². The van der Waals surface area contributed by atoms with Crippen molar-refractivity contribution < 1.29 is 14.3 Å². The van der Waals surface area contributed by atoms with Crippen molar-refractivity contribution in [2.75, 3.05) is 0 Å². The molecule has 1 amide bonds. The highest BCUT2D eigenvalue weighted by atomic mass is 19.1. The number of hydrogen-bond donors (Lipinski definition) is 2. The number of phenols is 1. The first-order valence-electron chi connectivity index (χ1n) is 8.49. The molecule has 1 unspecified atom stereocenters. The largest absolute Gasteiger partial charge is 0.507 e. The van der Waals surface area contributed by atoms with Crippen LogP contribution in [0.2, 0.25) is 0 Å². The molecule has 6 nitrogen and oxygen atoms in total. The molecule has 136 valence electrons. The third-order valence-electron chi connectivity index (χ3n) is 4.61. The Hall–Kier alpha value is -3.48. The van der Waals surface area contributed by atoms with E-state index in [0.29, 0.717) is 23.4 Å². The minimum absolute atomic E-state index is 0.120. The highest BCUT2D eigenvalue weighted by Gasteiger charge is 2.34. The molecule has 0 bridgehead atoms. The molecular formula is C20H17FN4O2. The Morgan fingerprint density at radius 2 is 1.96 bits per heavy atom. The molecular weight excluding hydrogens is 347 g/mol. The molecule has 1 aromatic heterocycles. The number of benzene rings is 2. The number of H-pyrrole nitrogens is 1. The number of nitrogens with one attached hydrogen (secondary N) is 1. The van der Waals surface area contributed by atoms with E-state index in [1.807, 2.05) is 6.07 Å². The summed E-state index contributed by atoms with van der Waals surface area (Å²) < 4.78 is 13.2.